The number of aliphatic carboxylic acids is 1. The van der Waals surface area contributed by atoms with Gasteiger partial charge >= 0.3 is 12.1 Å². The molecule has 168 valence electrons. The smallest absolute Gasteiger partial charge is 0.408 e. The molecule has 3 rings (SSSR count). The van der Waals surface area contributed by atoms with Crippen LogP contribution < -0.4 is 10.1 Å². The normalized spacial score (nSPS) is 12.1. The predicted molar refractivity (Wildman–Crippen MR) is 114 cm³/mol. The zero-order valence-electron chi connectivity index (χ0n) is 17.5. The highest BCUT2D eigenvalue weighted by molar-refractivity contribution is 6.30. The van der Waals surface area contributed by atoms with Crippen molar-refractivity contribution in [2.24, 2.45) is 0 Å². The third kappa shape index (κ3) is 6.67. The summed E-state index contributed by atoms with van der Waals surface area (Å²) in [5.41, 5.74) is -0.131. The summed E-state index contributed by atoms with van der Waals surface area (Å²) in [6, 6.07) is 8.85. The molecule has 0 aliphatic heterocycles. The van der Waals surface area contributed by atoms with E-state index in [4.69, 9.17) is 25.6 Å². The topological polar surface area (TPSA) is 137 Å². The number of ether oxygens (including phenoxy) is 2. The number of aromatic nitrogens is 3. The summed E-state index contributed by atoms with van der Waals surface area (Å²) in [4.78, 5) is 31.7. The number of hydrogen-bond acceptors (Lipinski definition) is 8. The fraction of sp³-hybridized carbons (Fsp3) is 0.286. The lowest BCUT2D eigenvalue weighted by molar-refractivity contribution is -0.139. The Labute approximate surface area is 188 Å². The van der Waals surface area contributed by atoms with Crippen molar-refractivity contribution < 1.29 is 28.7 Å². The van der Waals surface area contributed by atoms with Gasteiger partial charge in [-0.05, 0) is 51.1 Å². The summed E-state index contributed by atoms with van der Waals surface area (Å²) in [5.74, 6) is -0.0133. The van der Waals surface area contributed by atoms with Gasteiger partial charge in [0.15, 0.2) is 0 Å². The van der Waals surface area contributed by atoms with E-state index in [0.29, 0.717) is 22.2 Å². The van der Waals surface area contributed by atoms with Crippen LogP contribution in [0.2, 0.25) is 5.02 Å². The van der Waals surface area contributed by atoms with E-state index in [1.54, 1.807) is 57.2 Å². The quantitative estimate of drug-likeness (QED) is 0.533. The van der Waals surface area contributed by atoms with Gasteiger partial charge in [0.25, 0.3) is 0 Å². The van der Waals surface area contributed by atoms with E-state index in [1.807, 2.05) is 0 Å². The fourth-order valence-corrected chi connectivity index (χ4v) is 2.61. The molecule has 1 amide bonds. The highest BCUT2D eigenvalue weighted by Gasteiger charge is 2.26. The van der Waals surface area contributed by atoms with Crippen LogP contribution in [0.5, 0.6) is 11.6 Å². The molecule has 0 fully saturated rings. The van der Waals surface area contributed by atoms with Gasteiger partial charge in [-0.3, -0.25) is 0 Å². The van der Waals surface area contributed by atoms with Crippen molar-refractivity contribution in [3.63, 3.8) is 0 Å². The first kappa shape index (κ1) is 23.0. The molecule has 0 saturated heterocycles. The van der Waals surface area contributed by atoms with Gasteiger partial charge in [0.05, 0.1) is 11.4 Å². The molecule has 1 atom stereocenters. The number of nitrogens with one attached hydrogen (secondary N) is 1. The second kappa shape index (κ2) is 9.65. The Morgan fingerprint density at radius 3 is 2.50 bits per heavy atom. The summed E-state index contributed by atoms with van der Waals surface area (Å²) in [5, 5.41) is 16.0. The van der Waals surface area contributed by atoms with Crippen molar-refractivity contribution in [3.05, 3.63) is 53.5 Å². The molecular weight excluding hydrogens is 440 g/mol. The highest BCUT2D eigenvalue weighted by atomic mass is 35.5. The molecule has 0 aliphatic rings. The van der Waals surface area contributed by atoms with Crippen molar-refractivity contribution in [1.29, 1.82) is 0 Å². The van der Waals surface area contributed by atoms with Crippen LogP contribution in [0, 0.1) is 0 Å². The molecule has 2 heterocycles. The molecule has 2 N–H and O–H groups in total. The zero-order valence-corrected chi connectivity index (χ0v) is 18.3. The number of nitrogens with zero attached hydrogens (tertiary/aromatic N) is 3. The van der Waals surface area contributed by atoms with Gasteiger partial charge in [0, 0.05) is 17.8 Å². The van der Waals surface area contributed by atoms with E-state index in [-0.39, 0.29) is 18.1 Å². The number of rotatable bonds is 7. The Hall–Kier alpha value is -3.66. The van der Waals surface area contributed by atoms with Crippen molar-refractivity contribution in [2.45, 2.75) is 38.8 Å². The van der Waals surface area contributed by atoms with Crippen LogP contribution in [0.1, 0.15) is 26.7 Å². The Morgan fingerprint density at radius 2 is 1.91 bits per heavy atom. The minimum Gasteiger partial charge on any atom is -0.480 e. The number of carboxylic acid groups (broad SMARTS) is 1. The van der Waals surface area contributed by atoms with Gasteiger partial charge < -0.3 is 24.4 Å². The van der Waals surface area contributed by atoms with E-state index in [1.165, 1.54) is 6.20 Å². The maximum Gasteiger partial charge on any atom is 0.408 e. The van der Waals surface area contributed by atoms with Crippen molar-refractivity contribution in [1.82, 2.24) is 20.4 Å². The maximum absolute atomic E-state index is 11.9. The van der Waals surface area contributed by atoms with Crippen LogP contribution in [-0.2, 0) is 16.0 Å². The van der Waals surface area contributed by atoms with Crippen molar-refractivity contribution in [2.75, 3.05) is 0 Å². The third-order valence-electron chi connectivity index (χ3n) is 3.87. The Balaban J connectivity index is 1.64. The Bertz CT molecular complexity index is 1080. The molecule has 1 unspecified atom stereocenters. The van der Waals surface area contributed by atoms with Crippen LogP contribution in [-0.4, -0.2) is 43.9 Å². The third-order valence-corrected chi connectivity index (χ3v) is 4.09. The SMILES string of the molecule is CC(C)(C)OC(=O)NC(Cc1nc(-c2ccc(Oc3ccc(Cl)cn3)cc2)no1)C(=O)O. The van der Waals surface area contributed by atoms with Gasteiger partial charge in [-0.25, -0.2) is 14.6 Å². The van der Waals surface area contributed by atoms with E-state index in [9.17, 15) is 14.7 Å². The summed E-state index contributed by atoms with van der Waals surface area (Å²) < 4.78 is 15.9. The lowest BCUT2D eigenvalue weighted by atomic mass is 10.2. The molecule has 0 aliphatic carbocycles. The number of carbonyl (C=O) groups is 2. The summed E-state index contributed by atoms with van der Waals surface area (Å²) >= 11 is 5.80. The van der Waals surface area contributed by atoms with E-state index in [0.717, 1.165) is 0 Å². The second-order valence-electron chi connectivity index (χ2n) is 7.69. The second-order valence-corrected chi connectivity index (χ2v) is 8.13. The molecule has 1 aromatic carbocycles. The van der Waals surface area contributed by atoms with Gasteiger partial charge in [0.2, 0.25) is 17.6 Å². The van der Waals surface area contributed by atoms with Crippen LogP contribution in [0.4, 0.5) is 4.79 Å². The van der Waals surface area contributed by atoms with Gasteiger partial charge in [-0.15, -0.1) is 0 Å². The maximum atomic E-state index is 11.9. The van der Waals surface area contributed by atoms with E-state index < -0.39 is 23.7 Å². The number of carboxylic acids is 1. The van der Waals surface area contributed by atoms with Gasteiger partial charge in [-0.1, -0.05) is 16.8 Å². The standard InChI is InChI=1S/C21H21ClN4O6/c1-21(2,3)31-20(29)24-15(19(27)28)10-17-25-18(26-32-17)12-4-7-14(8-5-12)30-16-9-6-13(22)11-23-16/h4-9,11,15H,10H2,1-3H3,(H,24,29)(H,27,28). The number of halogens is 1. The number of carbonyl (C=O) groups excluding carboxylic acids is 1. The minimum absolute atomic E-state index is 0.0501. The number of hydrogen-bond donors (Lipinski definition) is 2. The first-order valence-electron chi connectivity index (χ1n) is 9.54. The molecule has 0 bridgehead atoms. The molecule has 3 aromatic rings. The fourth-order valence-electron chi connectivity index (χ4n) is 2.49. The predicted octanol–water partition coefficient (Wildman–Crippen LogP) is 4.10. The van der Waals surface area contributed by atoms with Gasteiger partial charge in [0.1, 0.15) is 17.4 Å². The molecule has 0 radical (unpaired) electrons. The number of pyridine rings is 1. The summed E-state index contributed by atoms with van der Waals surface area (Å²) in [7, 11) is 0. The van der Waals surface area contributed by atoms with E-state index >= 15 is 0 Å². The van der Waals surface area contributed by atoms with Crippen LogP contribution in [0.15, 0.2) is 47.1 Å². The minimum atomic E-state index is -1.29. The molecule has 0 spiro atoms. The highest BCUT2D eigenvalue weighted by Crippen LogP contribution is 2.24. The van der Waals surface area contributed by atoms with Crippen LogP contribution >= 0.6 is 11.6 Å². The molecular formula is C21H21ClN4O6. The summed E-state index contributed by atoms with van der Waals surface area (Å²) in [6.45, 7) is 5.03. The average molecular weight is 461 g/mol. The molecule has 11 heteroatoms. The molecule has 32 heavy (non-hydrogen) atoms. The number of alkyl carbamates (subject to hydrolysis) is 1. The Kier molecular flexibility index (Phi) is 6.94. The monoisotopic (exact) mass is 460 g/mol. The van der Waals surface area contributed by atoms with Crippen molar-refractivity contribution in [3.8, 4) is 23.0 Å². The van der Waals surface area contributed by atoms with Crippen LogP contribution in [0.3, 0.4) is 0 Å². The molecule has 10 nitrogen and oxygen atoms in total. The van der Waals surface area contributed by atoms with E-state index in [2.05, 4.69) is 20.4 Å². The summed E-state index contributed by atoms with van der Waals surface area (Å²) in [6.07, 6.45) is 0.425. The van der Waals surface area contributed by atoms with Crippen molar-refractivity contribution >= 4 is 23.7 Å². The largest absolute Gasteiger partial charge is 0.480 e. The van der Waals surface area contributed by atoms with Crippen LogP contribution in [0.25, 0.3) is 11.4 Å². The molecule has 0 saturated carbocycles. The van der Waals surface area contributed by atoms with Gasteiger partial charge in [-0.2, -0.15) is 4.98 Å². The Morgan fingerprint density at radius 1 is 1.19 bits per heavy atom. The number of benzene rings is 1. The zero-order chi connectivity index (χ0) is 23.3. The first-order chi connectivity index (χ1) is 15.1. The average Bonchev–Trinajstić information content (AvgIpc) is 3.17. The lowest BCUT2D eigenvalue weighted by Gasteiger charge is -2.21. The number of amides is 1. The molecule has 2 aromatic heterocycles. The first-order valence-corrected chi connectivity index (χ1v) is 9.91. The lowest BCUT2D eigenvalue weighted by Crippen LogP contribution is -2.44.